The molecule has 0 bridgehead atoms. The van der Waals surface area contributed by atoms with Gasteiger partial charge in [0.2, 0.25) is 0 Å². The van der Waals surface area contributed by atoms with E-state index in [1.807, 2.05) is 0 Å². The van der Waals surface area contributed by atoms with E-state index >= 15 is 0 Å². The first-order chi connectivity index (χ1) is 43.7. The molecule has 0 aliphatic heterocycles. The Morgan fingerprint density at radius 3 is 0.682 bits per heavy atom. The van der Waals surface area contributed by atoms with Crippen LogP contribution in [0, 0.1) is 0 Å². The summed E-state index contributed by atoms with van der Waals surface area (Å²) < 4.78 is 0. The van der Waals surface area contributed by atoms with Crippen LogP contribution in [0.4, 0.5) is 0 Å². The minimum absolute atomic E-state index is 1.12. The Morgan fingerprint density at radius 1 is 0.159 bits per heavy atom. The zero-order valence-electron chi connectivity index (χ0n) is 52.7. The molecule has 18 aromatic rings. The number of fused-ring (bicyclic) bond motifs is 12. The zero-order valence-corrected chi connectivity index (χ0v) is 52.7. The molecule has 0 heterocycles. The summed E-state index contributed by atoms with van der Waals surface area (Å²) >= 11 is 0. The molecule has 0 saturated carbocycles. The molecule has 0 spiro atoms. The first-order valence-corrected chi connectivity index (χ1v) is 35.3. The van der Waals surface area contributed by atoms with Gasteiger partial charge in [0, 0.05) is 0 Å². The van der Waals surface area contributed by atoms with Gasteiger partial charge in [-0.05, 0) is 269 Å². The Kier molecular flexibility index (Phi) is 12.7. The van der Waals surface area contributed by atoms with Gasteiger partial charge in [-0.2, -0.15) is 0 Å². The summed E-state index contributed by atoms with van der Waals surface area (Å²) in [5.41, 5.74) is 6.60. The fourth-order valence-electron chi connectivity index (χ4n) is 19.3. The molecule has 0 aliphatic rings. The first-order valence-electron chi connectivity index (χ1n) is 35.3. The summed E-state index contributed by atoms with van der Waals surface area (Å²) in [6.07, 6.45) is 30.2. The SMILES string of the molecule is CCCCCCCc1c(CCCCCCC)c2c3cccc4c5cc6c7cccc8c9ccccc9c9c(CCCCCCC)c(CCCCCCC)c%10c%11cccc%12c%13cc%14c%15cccc%16c%17ccccc%17c1c(c%16%15)c2c%14c(c43)c%13c5c(c%12%11)c6c%10c9c87. The number of rotatable bonds is 24. The van der Waals surface area contributed by atoms with E-state index in [9.17, 15) is 0 Å². The van der Waals surface area contributed by atoms with Crippen LogP contribution in [0.3, 0.4) is 0 Å². The minimum Gasteiger partial charge on any atom is -0.0654 e. The molecule has 88 heavy (non-hydrogen) atoms. The Labute approximate surface area is 517 Å². The Morgan fingerprint density at radius 2 is 0.364 bits per heavy atom. The van der Waals surface area contributed by atoms with Gasteiger partial charge in [-0.1, -0.05) is 252 Å². The Hall–Kier alpha value is -7.80. The van der Waals surface area contributed by atoms with Gasteiger partial charge in [-0.3, -0.25) is 0 Å². The van der Waals surface area contributed by atoms with Gasteiger partial charge in [-0.15, -0.1) is 0 Å². The van der Waals surface area contributed by atoms with E-state index < -0.39 is 0 Å². The molecular formula is C88H82. The van der Waals surface area contributed by atoms with Gasteiger partial charge in [0.1, 0.15) is 0 Å². The van der Waals surface area contributed by atoms with E-state index in [2.05, 4.69) is 161 Å². The number of hydrogen-bond donors (Lipinski definition) is 0. The van der Waals surface area contributed by atoms with Crippen LogP contribution in [0.2, 0.25) is 0 Å². The Bertz CT molecular complexity index is 5320. The molecule has 0 heteroatoms. The van der Waals surface area contributed by atoms with Crippen molar-refractivity contribution in [3.05, 3.63) is 156 Å². The highest BCUT2D eigenvalue weighted by Crippen LogP contribution is 2.62. The van der Waals surface area contributed by atoms with Crippen LogP contribution in [0.5, 0.6) is 0 Å². The predicted molar refractivity (Wildman–Crippen MR) is 392 cm³/mol. The molecule has 18 aromatic carbocycles. The van der Waals surface area contributed by atoms with Crippen LogP contribution in [0.25, 0.3) is 183 Å². The van der Waals surface area contributed by atoms with Crippen molar-refractivity contribution in [3.63, 3.8) is 0 Å². The average Bonchev–Trinajstić information content (AvgIpc) is 0.651. The van der Waals surface area contributed by atoms with Gasteiger partial charge in [0.05, 0.1) is 0 Å². The fraction of sp³-hybridized carbons (Fsp3) is 0.318. The molecule has 0 radical (unpaired) electrons. The van der Waals surface area contributed by atoms with E-state index in [1.165, 1.54) is 279 Å². The third kappa shape index (κ3) is 7.21. The molecule has 0 unspecified atom stereocenters. The van der Waals surface area contributed by atoms with Crippen molar-refractivity contribution in [3.8, 4) is 0 Å². The lowest BCUT2D eigenvalue weighted by molar-refractivity contribution is 0.623. The van der Waals surface area contributed by atoms with E-state index in [1.54, 1.807) is 54.6 Å². The second kappa shape index (κ2) is 20.9. The van der Waals surface area contributed by atoms with Crippen molar-refractivity contribution in [2.24, 2.45) is 0 Å². The number of aryl methyl sites for hydroxylation is 4. The van der Waals surface area contributed by atoms with E-state index in [0.717, 1.165) is 25.7 Å². The lowest BCUT2D eigenvalue weighted by Gasteiger charge is -2.31. The molecule has 0 aliphatic carbocycles. The second-order valence-corrected chi connectivity index (χ2v) is 27.8. The van der Waals surface area contributed by atoms with Gasteiger partial charge < -0.3 is 0 Å². The number of hydrogen-bond acceptors (Lipinski definition) is 0. The van der Waals surface area contributed by atoms with Crippen molar-refractivity contribution in [1.82, 2.24) is 0 Å². The zero-order chi connectivity index (χ0) is 58.5. The first kappa shape index (κ1) is 53.2. The molecule has 434 valence electrons. The summed E-state index contributed by atoms with van der Waals surface area (Å²) in [6, 6.07) is 54.8. The normalized spacial score (nSPS) is 13.2. The maximum Gasteiger partial charge on any atom is -0.0000918 e. The quantitative estimate of drug-likeness (QED) is 0.0321. The van der Waals surface area contributed by atoms with Crippen LogP contribution < -0.4 is 0 Å². The van der Waals surface area contributed by atoms with Crippen molar-refractivity contribution < 1.29 is 0 Å². The predicted octanol–water partition coefficient (Wildman–Crippen LogP) is 27.4. The molecule has 0 saturated heterocycles. The van der Waals surface area contributed by atoms with Crippen molar-refractivity contribution >= 4 is 183 Å². The molecule has 0 nitrogen and oxygen atoms in total. The molecule has 0 fully saturated rings. The maximum absolute atomic E-state index is 2.76. The maximum atomic E-state index is 2.76. The lowest BCUT2D eigenvalue weighted by atomic mass is 9.72. The molecule has 0 amide bonds. The highest BCUT2D eigenvalue weighted by atomic mass is 14.4. The highest BCUT2D eigenvalue weighted by molar-refractivity contribution is 6.60. The summed E-state index contributed by atoms with van der Waals surface area (Å²) in [7, 11) is 0. The molecule has 0 N–H and O–H groups in total. The minimum atomic E-state index is 1.12. The van der Waals surface area contributed by atoms with Gasteiger partial charge in [-0.25, -0.2) is 0 Å². The van der Waals surface area contributed by atoms with Gasteiger partial charge >= 0.3 is 0 Å². The average molecular weight is 1140 g/mol. The van der Waals surface area contributed by atoms with Crippen molar-refractivity contribution in [1.29, 1.82) is 0 Å². The van der Waals surface area contributed by atoms with E-state index in [-0.39, 0.29) is 0 Å². The van der Waals surface area contributed by atoms with Gasteiger partial charge in [0.15, 0.2) is 0 Å². The summed E-state index contributed by atoms with van der Waals surface area (Å²) in [5.74, 6) is 0. The molecular weight excluding hydrogens is 1060 g/mol. The highest BCUT2D eigenvalue weighted by Gasteiger charge is 2.34. The number of benzene rings is 18. The number of unbranched alkanes of at least 4 members (excludes halogenated alkanes) is 16. The van der Waals surface area contributed by atoms with Crippen LogP contribution in [0.1, 0.15) is 178 Å². The monoisotopic (exact) mass is 1140 g/mol. The van der Waals surface area contributed by atoms with Gasteiger partial charge in [0.25, 0.3) is 0 Å². The molecule has 0 atom stereocenters. The Balaban J connectivity index is 1.07. The van der Waals surface area contributed by atoms with E-state index in [4.69, 9.17) is 0 Å². The summed E-state index contributed by atoms with van der Waals surface area (Å²) in [5, 5.41) is 50.3. The molecule has 0 aromatic heterocycles. The van der Waals surface area contributed by atoms with Crippen LogP contribution in [-0.2, 0) is 25.7 Å². The van der Waals surface area contributed by atoms with E-state index in [0.29, 0.717) is 0 Å². The molecule has 18 rings (SSSR count). The van der Waals surface area contributed by atoms with Crippen molar-refractivity contribution in [2.75, 3.05) is 0 Å². The summed E-state index contributed by atoms with van der Waals surface area (Å²) in [6.45, 7) is 9.45. The standard InChI is InChI=1S/C88H82/c1-5-9-13-17-21-35-57-59(37-23-19-15-11-7-3)75-65-47-31-45-63-67-50-70-62-44-30-42-56-52-34-26-28-40-54(52)72-58(36-22-18-14-10-6-2)60(38-24-20-16-12-8-4)76-66-48-32-46-64-68-49-69-61-43-29-41-55-51-33-25-27-39-53(51)71(57)83(73(55)61)87(75)81(69)85(77(63)65)79(68)80(67)86(78(64)66)82(70)88(76)84(72)74(56)62/h25-34,39-50H,5-24,35-38H2,1-4H3. The summed E-state index contributed by atoms with van der Waals surface area (Å²) in [4.78, 5) is 0. The van der Waals surface area contributed by atoms with Crippen molar-refractivity contribution in [2.45, 2.75) is 182 Å². The van der Waals surface area contributed by atoms with Crippen LogP contribution in [-0.4, -0.2) is 0 Å². The second-order valence-electron chi connectivity index (χ2n) is 27.8. The third-order valence-corrected chi connectivity index (χ3v) is 22.9. The largest absolute Gasteiger partial charge is 0.0654 e. The smallest absolute Gasteiger partial charge is 0.0000918 e. The fourth-order valence-corrected chi connectivity index (χ4v) is 19.3. The lowest BCUT2D eigenvalue weighted by Crippen LogP contribution is -2.05. The van der Waals surface area contributed by atoms with Crippen LogP contribution >= 0.6 is 0 Å². The third-order valence-electron chi connectivity index (χ3n) is 22.9. The topological polar surface area (TPSA) is 0 Å². The van der Waals surface area contributed by atoms with Crippen LogP contribution in [0.15, 0.2) is 133 Å².